The zero-order valence-electron chi connectivity index (χ0n) is 27.5. The Morgan fingerprint density at radius 3 is 2.04 bits per heavy atom. The van der Waals surface area contributed by atoms with E-state index in [1.165, 1.54) is 0 Å². The van der Waals surface area contributed by atoms with Crippen LogP contribution in [-0.4, -0.2) is 30.7 Å². The molecule has 0 spiro atoms. The van der Waals surface area contributed by atoms with Crippen LogP contribution in [0.2, 0.25) is 0 Å². The highest BCUT2D eigenvalue weighted by Gasteiger charge is 2.52. The lowest BCUT2D eigenvalue weighted by molar-refractivity contribution is -0.0996. The first-order valence-corrected chi connectivity index (χ1v) is 16.8. The third-order valence-corrected chi connectivity index (χ3v) is 9.63. The third kappa shape index (κ3) is 7.45. The molecule has 0 heterocycles. The number of rotatable bonds is 12. The molecule has 3 aromatic carbocycles. The van der Waals surface area contributed by atoms with Gasteiger partial charge in [-0.05, 0) is 84.7 Å². The van der Waals surface area contributed by atoms with E-state index in [1.54, 1.807) is 24.3 Å². The number of hydrogen-bond acceptors (Lipinski definition) is 6. The summed E-state index contributed by atoms with van der Waals surface area (Å²) in [4.78, 5) is 27.6. The molecule has 0 saturated heterocycles. The first-order chi connectivity index (χ1) is 22.3. The number of anilines is 1. The quantitative estimate of drug-likeness (QED) is 0.156. The number of aryl methyl sites for hydroxylation is 1. The van der Waals surface area contributed by atoms with Crippen molar-refractivity contribution in [3.8, 4) is 0 Å². The summed E-state index contributed by atoms with van der Waals surface area (Å²) in [6, 6.07) is 22.9. The van der Waals surface area contributed by atoms with Crippen molar-refractivity contribution in [1.29, 1.82) is 0 Å². The Morgan fingerprint density at radius 2 is 1.41 bits per heavy atom. The van der Waals surface area contributed by atoms with E-state index >= 15 is 0 Å². The fourth-order valence-electron chi connectivity index (χ4n) is 6.99. The lowest BCUT2D eigenvalue weighted by Gasteiger charge is -2.49. The second-order valence-corrected chi connectivity index (χ2v) is 12.8. The molecule has 2 aliphatic carbocycles. The van der Waals surface area contributed by atoms with Crippen molar-refractivity contribution >= 4 is 17.6 Å². The van der Waals surface area contributed by atoms with Crippen LogP contribution in [-0.2, 0) is 9.47 Å². The van der Waals surface area contributed by atoms with Crippen LogP contribution >= 0.6 is 0 Å². The molecule has 0 bridgehead atoms. The number of carbonyl (C=O) groups excluding carboxylic acids is 2. The van der Waals surface area contributed by atoms with Crippen LogP contribution in [0.25, 0.3) is 0 Å². The fraction of sp³-hybridized carbons (Fsp3) is 0.400. The van der Waals surface area contributed by atoms with Gasteiger partial charge in [0.1, 0.15) is 12.2 Å². The van der Waals surface area contributed by atoms with Crippen LogP contribution in [0.1, 0.15) is 95.8 Å². The van der Waals surface area contributed by atoms with Gasteiger partial charge in [0.25, 0.3) is 0 Å². The van der Waals surface area contributed by atoms with Crippen molar-refractivity contribution in [2.75, 3.05) is 11.9 Å². The van der Waals surface area contributed by atoms with E-state index in [0.717, 1.165) is 54.6 Å². The van der Waals surface area contributed by atoms with Crippen molar-refractivity contribution in [2.45, 2.75) is 77.5 Å². The Morgan fingerprint density at radius 1 is 0.804 bits per heavy atom. The van der Waals surface area contributed by atoms with Crippen LogP contribution < -0.4 is 11.1 Å². The molecular weight excluding hydrogens is 572 g/mol. The third-order valence-electron chi connectivity index (χ3n) is 9.63. The van der Waals surface area contributed by atoms with Gasteiger partial charge in [-0.15, -0.1) is 0 Å². The molecule has 46 heavy (non-hydrogen) atoms. The van der Waals surface area contributed by atoms with Gasteiger partial charge in [0.2, 0.25) is 0 Å². The molecule has 242 valence electrons. The van der Waals surface area contributed by atoms with Crippen LogP contribution in [0.3, 0.4) is 0 Å². The number of nitrogens with two attached hydrogens (primary N) is 1. The monoisotopic (exact) mass is 620 g/mol. The van der Waals surface area contributed by atoms with E-state index in [9.17, 15) is 9.59 Å². The van der Waals surface area contributed by atoms with E-state index in [-0.39, 0.29) is 29.7 Å². The Kier molecular flexibility index (Phi) is 11.1. The SMILES string of the molecule is CCCCNc1ccc(C(=O)OC2C(OC(=O)c3ccc(C(N)CCC)cc3)[C@@H](c3ccccc3C)C3C=CC=C[C@@H]3[C@@H]2C)cc1. The number of benzene rings is 3. The zero-order valence-corrected chi connectivity index (χ0v) is 27.5. The summed E-state index contributed by atoms with van der Waals surface area (Å²) in [6.45, 7) is 9.32. The van der Waals surface area contributed by atoms with Gasteiger partial charge in [0.15, 0.2) is 0 Å². The highest BCUT2D eigenvalue weighted by molar-refractivity contribution is 5.91. The van der Waals surface area contributed by atoms with E-state index in [1.807, 2.05) is 36.4 Å². The van der Waals surface area contributed by atoms with Crippen LogP contribution in [0.4, 0.5) is 5.69 Å². The van der Waals surface area contributed by atoms with Crippen molar-refractivity contribution < 1.29 is 19.1 Å². The Labute approximate surface area is 274 Å². The number of hydrogen-bond donors (Lipinski definition) is 2. The molecule has 1 saturated carbocycles. The summed E-state index contributed by atoms with van der Waals surface area (Å²) in [6.07, 6.45) is 11.2. The molecule has 6 nitrogen and oxygen atoms in total. The van der Waals surface area contributed by atoms with E-state index < -0.39 is 24.1 Å². The summed E-state index contributed by atoms with van der Waals surface area (Å²) in [5.41, 5.74) is 11.4. The van der Waals surface area contributed by atoms with Crippen molar-refractivity contribution in [1.82, 2.24) is 0 Å². The Hall–Kier alpha value is -4.16. The first-order valence-electron chi connectivity index (χ1n) is 16.8. The molecule has 0 radical (unpaired) electrons. The zero-order chi connectivity index (χ0) is 32.6. The summed E-state index contributed by atoms with van der Waals surface area (Å²) < 4.78 is 12.9. The lowest BCUT2D eigenvalue weighted by Crippen LogP contribution is -2.53. The molecular formula is C40H48N2O4. The first kappa shape index (κ1) is 33.2. The highest BCUT2D eigenvalue weighted by atomic mass is 16.6. The van der Waals surface area contributed by atoms with Crippen LogP contribution in [0.5, 0.6) is 0 Å². The highest BCUT2D eigenvalue weighted by Crippen LogP contribution is 2.50. The fourth-order valence-corrected chi connectivity index (χ4v) is 6.99. The molecule has 4 unspecified atom stereocenters. The maximum atomic E-state index is 13.9. The maximum absolute atomic E-state index is 13.9. The van der Waals surface area contributed by atoms with Gasteiger partial charge in [-0.2, -0.15) is 0 Å². The van der Waals surface area contributed by atoms with Crippen molar-refractivity contribution in [2.24, 2.45) is 23.5 Å². The normalized spacial score (nSPS) is 24.1. The number of ether oxygens (including phenoxy) is 2. The average molecular weight is 621 g/mol. The van der Waals surface area contributed by atoms with E-state index in [0.29, 0.717) is 11.1 Å². The Bertz CT molecular complexity index is 1530. The molecule has 2 aliphatic rings. The summed E-state index contributed by atoms with van der Waals surface area (Å²) in [5, 5.41) is 3.39. The molecule has 6 heteroatoms. The lowest BCUT2D eigenvalue weighted by atomic mass is 9.60. The van der Waals surface area contributed by atoms with Gasteiger partial charge in [0.05, 0.1) is 11.1 Å². The predicted octanol–water partition coefficient (Wildman–Crippen LogP) is 8.55. The number of fused-ring (bicyclic) bond motifs is 1. The smallest absolute Gasteiger partial charge is 0.338 e. The molecule has 3 aromatic rings. The molecule has 0 aromatic heterocycles. The summed E-state index contributed by atoms with van der Waals surface area (Å²) in [5.74, 6) is -1.01. The van der Waals surface area contributed by atoms with Gasteiger partial charge in [-0.3, -0.25) is 0 Å². The molecule has 7 atom stereocenters. The standard InChI is InChI=1S/C40H48N2O4/c1-5-7-25-42-31-23-21-30(22-24-31)39(43)45-37-27(4)33-15-10-11-16-34(33)36(32-14-9-8-13-26(32)3)38(37)46-40(44)29-19-17-28(18-20-29)35(41)12-6-2/h8-11,13-24,27,33-38,42H,5-7,12,25,41H2,1-4H3/t27-,33+,34?,35?,36-,37?,38?/m0/s1. The minimum Gasteiger partial charge on any atom is -0.454 e. The van der Waals surface area contributed by atoms with Crippen LogP contribution in [0.15, 0.2) is 97.1 Å². The number of esters is 2. The number of allylic oxidation sites excluding steroid dienone is 4. The molecule has 0 amide bonds. The van der Waals surface area contributed by atoms with E-state index in [4.69, 9.17) is 15.2 Å². The molecule has 1 fully saturated rings. The van der Waals surface area contributed by atoms with Gasteiger partial charge >= 0.3 is 11.9 Å². The number of nitrogens with one attached hydrogen (secondary N) is 1. The van der Waals surface area contributed by atoms with Gasteiger partial charge in [-0.25, -0.2) is 9.59 Å². The Balaban J connectivity index is 1.47. The topological polar surface area (TPSA) is 90.6 Å². The van der Waals surface area contributed by atoms with Gasteiger partial charge in [-0.1, -0.05) is 94.3 Å². The number of carbonyl (C=O) groups is 2. The van der Waals surface area contributed by atoms with Gasteiger partial charge in [0, 0.05) is 30.1 Å². The molecule has 3 N–H and O–H groups in total. The molecule has 0 aliphatic heterocycles. The van der Waals surface area contributed by atoms with Crippen LogP contribution in [0, 0.1) is 24.7 Å². The van der Waals surface area contributed by atoms with E-state index in [2.05, 4.69) is 69.4 Å². The minimum atomic E-state index is -0.707. The second-order valence-electron chi connectivity index (χ2n) is 12.8. The maximum Gasteiger partial charge on any atom is 0.338 e. The summed E-state index contributed by atoms with van der Waals surface area (Å²) in [7, 11) is 0. The number of unbranched alkanes of at least 4 members (excludes halogenated alkanes) is 1. The second kappa shape index (κ2) is 15.4. The minimum absolute atomic E-state index is 0.0664. The average Bonchev–Trinajstić information content (AvgIpc) is 3.07. The summed E-state index contributed by atoms with van der Waals surface area (Å²) >= 11 is 0. The van der Waals surface area contributed by atoms with Gasteiger partial charge < -0.3 is 20.5 Å². The van der Waals surface area contributed by atoms with Crippen molar-refractivity contribution in [3.05, 3.63) is 125 Å². The largest absolute Gasteiger partial charge is 0.454 e. The van der Waals surface area contributed by atoms with Crippen molar-refractivity contribution in [3.63, 3.8) is 0 Å². The predicted molar refractivity (Wildman–Crippen MR) is 185 cm³/mol. The molecule has 5 rings (SSSR count).